The van der Waals surface area contributed by atoms with Crippen LogP contribution in [0.2, 0.25) is 0 Å². The lowest BCUT2D eigenvalue weighted by Crippen LogP contribution is -2.55. The molecule has 55 heavy (non-hydrogen) atoms. The van der Waals surface area contributed by atoms with E-state index in [1.54, 1.807) is 30.4 Å². The van der Waals surface area contributed by atoms with Gasteiger partial charge in [-0.2, -0.15) is 0 Å². The average Bonchev–Trinajstić information content (AvgIpc) is 3.65. The van der Waals surface area contributed by atoms with E-state index in [0.29, 0.717) is 37.4 Å². The molecule has 0 aromatic carbocycles. The van der Waals surface area contributed by atoms with Crippen LogP contribution in [0, 0.1) is 17.8 Å². The molecule has 1 saturated heterocycles. The number of ether oxygens (including phenoxy) is 2. The quantitative estimate of drug-likeness (QED) is 0.0541. The van der Waals surface area contributed by atoms with Crippen LogP contribution in [-0.4, -0.2) is 135 Å². The zero-order chi connectivity index (χ0) is 42.8. The number of rotatable bonds is 22. The lowest BCUT2D eigenvalue weighted by atomic mass is 9.90. The first kappa shape index (κ1) is 53.5. The number of hydrogen-bond donors (Lipinski definition) is 4. The highest BCUT2D eigenvalue weighted by Gasteiger charge is 2.42. The summed E-state index contributed by atoms with van der Waals surface area (Å²) in [5.74, 6) is -1.77. The molecule has 0 aromatic heterocycles. The zero-order valence-electron chi connectivity index (χ0n) is 36.2. The second kappa shape index (κ2) is 29.7. The Morgan fingerprint density at radius 3 is 1.98 bits per heavy atom. The van der Waals surface area contributed by atoms with Gasteiger partial charge in [-0.25, -0.2) is 5.48 Å². The normalized spacial score (nSPS) is 17.8. The Morgan fingerprint density at radius 1 is 0.964 bits per heavy atom. The number of likely N-dealkylation sites (N-methyl/N-ethyl adjacent to an activating group) is 1. The molecule has 318 valence electrons. The van der Waals surface area contributed by atoms with Crippen molar-refractivity contribution in [2.75, 3.05) is 48.5 Å². The largest absolute Gasteiger partial charge is 0.379 e. The van der Waals surface area contributed by atoms with Crippen LogP contribution in [0.1, 0.15) is 93.9 Å². The fourth-order valence-electron chi connectivity index (χ4n) is 6.37. The summed E-state index contributed by atoms with van der Waals surface area (Å²) in [6.07, 6.45) is 7.22. The molecule has 8 atom stereocenters. The third-order valence-corrected chi connectivity index (χ3v) is 10.2. The molecule has 0 saturated carbocycles. The van der Waals surface area contributed by atoms with Gasteiger partial charge < -0.3 is 34.8 Å². The van der Waals surface area contributed by atoms with E-state index in [1.165, 1.54) is 37.7 Å². The standard InChI is InChI=1S/C31H51N5O8.C7H17N.C3H8/c1-9-13-22(11-3)16-23(31(41)34-42)33-30(40)21(5)29(44-8)24-14-12-15-36(24)26(38)17-25(43-7)28(20(4)10-2)35(6)27(39)18-32-19-37;1-6(2)7(3)8(4)5;1-3-2/h9,11,13,19-21,23-25,28-29,42H,1,3,10,12,14-18H2,2,4-8H3,(H,32,37)(H,33,40)(H,34,41);6-7H,1-5H3;3H2,1-2H3/b22-13+;;. The molecule has 5 amide bonds. The minimum Gasteiger partial charge on any atom is -0.379 e. The van der Waals surface area contributed by atoms with Crippen molar-refractivity contribution in [3.8, 4) is 0 Å². The maximum Gasteiger partial charge on any atom is 0.266 e. The van der Waals surface area contributed by atoms with Gasteiger partial charge in [-0.15, -0.1) is 0 Å². The Kier molecular flexibility index (Phi) is 28.9. The summed E-state index contributed by atoms with van der Waals surface area (Å²) >= 11 is 0. The molecule has 0 radical (unpaired) electrons. The van der Waals surface area contributed by atoms with E-state index < -0.39 is 48.1 Å². The Hall–Kier alpha value is -3.59. The molecule has 14 nitrogen and oxygen atoms in total. The summed E-state index contributed by atoms with van der Waals surface area (Å²) in [6, 6.07) is -1.23. The third kappa shape index (κ3) is 18.7. The van der Waals surface area contributed by atoms with Gasteiger partial charge in [0.2, 0.25) is 24.1 Å². The van der Waals surface area contributed by atoms with Crippen LogP contribution >= 0.6 is 0 Å². The Balaban J connectivity index is 0. The fraction of sp³-hybridized carbons (Fsp3) is 0.732. The van der Waals surface area contributed by atoms with Gasteiger partial charge in [0.1, 0.15) is 6.04 Å². The summed E-state index contributed by atoms with van der Waals surface area (Å²) in [7, 11) is 8.84. The van der Waals surface area contributed by atoms with E-state index in [9.17, 15) is 29.2 Å². The third-order valence-electron chi connectivity index (χ3n) is 10.2. The topological polar surface area (TPSA) is 170 Å². The average molecular weight is 781 g/mol. The van der Waals surface area contributed by atoms with Gasteiger partial charge in [0, 0.05) is 40.3 Å². The number of amides is 5. The maximum atomic E-state index is 13.8. The molecule has 0 aromatic rings. The lowest BCUT2D eigenvalue weighted by Gasteiger charge is -2.39. The Bertz CT molecular complexity index is 1190. The molecule has 8 unspecified atom stereocenters. The smallest absolute Gasteiger partial charge is 0.266 e. The van der Waals surface area contributed by atoms with Gasteiger partial charge in [-0.3, -0.25) is 29.2 Å². The highest BCUT2D eigenvalue weighted by molar-refractivity contribution is 5.88. The van der Waals surface area contributed by atoms with E-state index in [4.69, 9.17) is 9.47 Å². The first-order valence-corrected chi connectivity index (χ1v) is 19.5. The van der Waals surface area contributed by atoms with E-state index in [0.717, 1.165) is 12.3 Å². The van der Waals surface area contributed by atoms with Crippen LogP contribution in [0.15, 0.2) is 37.0 Å². The SMILES string of the molecule is C=C/C=C(\C=C)CC(NC(=O)C(C)C(OC)C1CCCN1C(=O)CC(OC)C(C(C)CC)N(C)C(=O)CNC=O)C(=O)NO.CC(C)C(C)N(C)C.CCC. The van der Waals surface area contributed by atoms with Crippen molar-refractivity contribution in [1.29, 1.82) is 0 Å². The van der Waals surface area contributed by atoms with Crippen molar-refractivity contribution in [2.45, 2.75) is 130 Å². The monoisotopic (exact) mass is 781 g/mol. The van der Waals surface area contributed by atoms with Crippen LogP contribution in [0.5, 0.6) is 0 Å². The number of methoxy groups -OCH3 is 2. The highest BCUT2D eigenvalue weighted by atomic mass is 16.5. The van der Waals surface area contributed by atoms with E-state index in [-0.39, 0.29) is 37.1 Å². The zero-order valence-corrected chi connectivity index (χ0v) is 36.2. The number of allylic oxidation sites excluding steroid dienone is 3. The summed E-state index contributed by atoms with van der Waals surface area (Å²) in [5.41, 5.74) is 2.22. The van der Waals surface area contributed by atoms with Crippen LogP contribution in [0.4, 0.5) is 0 Å². The number of carbonyl (C=O) groups excluding carboxylic acids is 5. The minimum absolute atomic E-state index is 0.00351. The molecule has 0 aliphatic carbocycles. The van der Waals surface area contributed by atoms with Gasteiger partial charge in [0.05, 0.1) is 43.2 Å². The molecule has 1 heterocycles. The van der Waals surface area contributed by atoms with Crippen LogP contribution < -0.4 is 16.1 Å². The Morgan fingerprint density at radius 2 is 1.56 bits per heavy atom. The van der Waals surface area contributed by atoms with Crippen molar-refractivity contribution < 1.29 is 38.7 Å². The highest BCUT2D eigenvalue weighted by Crippen LogP contribution is 2.29. The number of nitrogens with one attached hydrogen (secondary N) is 3. The number of hydroxylamine groups is 1. The van der Waals surface area contributed by atoms with Crippen molar-refractivity contribution >= 4 is 30.0 Å². The molecule has 0 spiro atoms. The number of likely N-dealkylation sites (tertiary alicyclic amines) is 1. The van der Waals surface area contributed by atoms with Gasteiger partial charge >= 0.3 is 0 Å². The van der Waals surface area contributed by atoms with Crippen molar-refractivity contribution in [3.05, 3.63) is 37.0 Å². The molecular formula is C41H76N6O8. The van der Waals surface area contributed by atoms with Crippen LogP contribution in [0.25, 0.3) is 0 Å². The van der Waals surface area contributed by atoms with Gasteiger partial charge in [-0.1, -0.05) is 92.7 Å². The molecular weight excluding hydrogens is 704 g/mol. The van der Waals surface area contributed by atoms with Crippen molar-refractivity contribution in [2.24, 2.45) is 17.8 Å². The lowest BCUT2D eigenvalue weighted by molar-refractivity contribution is -0.146. The molecule has 1 rings (SSSR count). The molecule has 1 aliphatic heterocycles. The number of carbonyl (C=O) groups is 5. The van der Waals surface area contributed by atoms with Gasteiger partial charge in [0.25, 0.3) is 5.91 Å². The second-order valence-electron chi connectivity index (χ2n) is 14.7. The number of hydrogen-bond acceptors (Lipinski definition) is 9. The molecule has 1 aliphatic rings. The Labute approximate surface area is 332 Å². The van der Waals surface area contributed by atoms with Crippen molar-refractivity contribution in [1.82, 2.24) is 30.8 Å². The first-order chi connectivity index (χ1) is 25.9. The van der Waals surface area contributed by atoms with E-state index >= 15 is 0 Å². The summed E-state index contributed by atoms with van der Waals surface area (Å²) in [4.78, 5) is 68.4. The second-order valence-corrected chi connectivity index (χ2v) is 14.7. The molecule has 0 bridgehead atoms. The van der Waals surface area contributed by atoms with Crippen molar-refractivity contribution in [3.63, 3.8) is 0 Å². The molecule has 1 fully saturated rings. The summed E-state index contributed by atoms with van der Waals surface area (Å²) in [6.45, 7) is 24.2. The molecule has 14 heteroatoms. The fourth-order valence-corrected chi connectivity index (χ4v) is 6.37. The van der Waals surface area contributed by atoms with Crippen LogP contribution in [0.3, 0.4) is 0 Å². The predicted molar refractivity (Wildman–Crippen MR) is 219 cm³/mol. The van der Waals surface area contributed by atoms with E-state index in [2.05, 4.69) is 77.4 Å². The first-order valence-electron chi connectivity index (χ1n) is 19.5. The summed E-state index contributed by atoms with van der Waals surface area (Å²) in [5, 5.41) is 14.3. The summed E-state index contributed by atoms with van der Waals surface area (Å²) < 4.78 is 11.6. The number of nitrogens with zero attached hydrogens (tertiary/aromatic N) is 3. The minimum atomic E-state index is -1.08. The predicted octanol–water partition coefficient (Wildman–Crippen LogP) is 4.34. The van der Waals surface area contributed by atoms with E-state index in [1.807, 2.05) is 13.8 Å². The van der Waals surface area contributed by atoms with Gasteiger partial charge in [0.15, 0.2) is 0 Å². The van der Waals surface area contributed by atoms with Crippen LogP contribution in [-0.2, 0) is 33.4 Å². The van der Waals surface area contributed by atoms with Gasteiger partial charge in [-0.05, 0) is 51.3 Å². The molecule has 4 N–H and O–H groups in total. The maximum absolute atomic E-state index is 13.8.